The van der Waals surface area contributed by atoms with Gasteiger partial charge in [0.1, 0.15) is 5.82 Å². The number of benzene rings is 1. The number of piperidine rings is 1. The molecule has 0 radical (unpaired) electrons. The van der Waals surface area contributed by atoms with Crippen molar-refractivity contribution in [3.8, 4) is 0 Å². The molecule has 1 saturated carbocycles. The number of hydrogen-bond acceptors (Lipinski definition) is 4. The summed E-state index contributed by atoms with van der Waals surface area (Å²) in [6, 6.07) is 5.04. The minimum Gasteiger partial charge on any atom is -0.382 e. The largest absolute Gasteiger partial charge is 0.382 e. The monoisotopic (exact) mass is 400 g/mol. The van der Waals surface area contributed by atoms with E-state index in [-0.39, 0.29) is 30.7 Å². The Morgan fingerprint density at radius 1 is 1.22 bits per heavy atom. The van der Waals surface area contributed by atoms with Crippen molar-refractivity contribution in [3.63, 3.8) is 0 Å². The maximum Gasteiger partial charge on any atom is 0.253 e. The third-order valence-electron chi connectivity index (χ3n) is 5.16. The molecule has 1 N–H and O–H groups in total. The van der Waals surface area contributed by atoms with Crippen LogP contribution in [0, 0.1) is 11.7 Å². The van der Waals surface area contributed by atoms with Crippen molar-refractivity contribution in [2.75, 3.05) is 40.0 Å². The molecular formula is C20H30ClFN2O3. The molecule has 0 spiro atoms. The lowest BCUT2D eigenvalue weighted by molar-refractivity contribution is 0.0602. The predicted octanol–water partition coefficient (Wildman–Crippen LogP) is 3.01. The van der Waals surface area contributed by atoms with E-state index in [4.69, 9.17) is 9.47 Å². The van der Waals surface area contributed by atoms with Crippen LogP contribution in [0.2, 0.25) is 0 Å². The Morgan fingerprint density at radius 2 is 1.96 bits per heavy atom. The number of hydrogen-bond donors (Lipinski definition) is 1. The van der Waals surface area contributed by atoms with Crippen molar-refractivity contribution in [2.45, 2.75) is 38.3 Å². The van der Waals surface area contributed by atoms with Crippen LogP contribution in [0.3, 0.4) is 0 Å². The molecule has 0 bridgehead atoms. The van der Waals surface area contributed by atoms with E-state index in [0.717, 1.165) is 38.4 Å². The van der Waals surface area contributed by atoms with Crippen molar-refractivity contribution in [1.29, 1.82) is 0 Å². The number of methoxy groups -OCH3 is 1. The molecular weight excluding hydrogens is 371 g/mol. The van der Waals surface area contributed by atoms with Gasteiger partial charge in [0.25, 0.3) is 5.91 Å². The maximum absolute atomic E-state index is 13.9. The molecule has 1 heterocycles. The summed E-state index contributed by atoms with van der Waals surface area (Å²) in [4.78, 5) is 14.6. The lowest BCUT2D eigenvalue weighted by Gasteiger charge is -2.32. The maximum atomic E-state index is 13.9. The normalized spacial score (nSPS) is 17.6. The van der Waals surface area contributed by atoms with Gasteiger partial charge in [-0.15, -0.1) is 12.4 Å². The highest BCUT2D eigenvalue weighted by Crippen LogP contribution is 2.28. The zero-order valence-corrected chi connectivity index (χ0v) is 16.7. The summed E-state index contributed by atoms with van der Waals surface area (Å²) in [5, 5.41) is 3.62. The molecule has 0 aromatic heterocycles. The van der Waals surface area contributed by atoms with Crippen molar-refractivity contribution >= 4 is 18.3 Å². The summed E-state index contributed by atoms with van der Waals surface area (Å²) < 4.78 is 24.2. The van der Waals surface area contributed by atoms with Crippen LogP contribution >= 0.6 is 12.4 Å². The van der Waals surface area contributed by atoms with E-state index in [1.54, 1.807) is 19.2 Å². The highest BCUT2D eigenvalue weighted by Gasteiger charge is 2.26. The van der Waals surface area contributed by atoms with E-state index >= 15 is 0 Å². The van der Waals surface area contributed by atoms with Gasteiger partial charge < -0.3 is 19.7 Å². The number of nitrogens with one attached hydrogen (secondary N) is 1. The first-order valence-corrected chi connectivity index (χ1v) is 9.55. The molecule has 2 aliphatic rings. The van der Waals surface area contributed by atoms with Gasteiger partial charge >= 0.3 is 0 Å². The number of carbonyl (C=O) groups is 1. The van der Waals surface area contributed by atoms with Crippen LogP contribution in [-0.2, 0) is 16.1 Å². The molecule has 5 nitrogen and oxygen atoms in total. The highest BCUT2D eigenvalue weighted by molar-refractivity contribution is 5.94. The van der Waals surface area contributed by atoms with Crippen LogP contribution in [0.4, 0.5) is 4.39 Å². The second kappa shape index (κ2) is 11.0. The second-order valence-corrected chi connectivity index (χ2v) is 7.27. The number of rotatable bonds is 9. The van der Waals surface area contributed by atoms with Gasteiger partial charge in [0, 0.05) is 37.4 Å². The fourth-order valence-corrected chi connectivity index (χ4v) is 3.27. The number of amides is 1. The SMILES string of the molecule is COCCOCc1cc(C(=O)N2CCC(NCC3CC3)CC2)ccc1F.Cl. The number of likely N-dealkylation sites (tertiary alicyclic amines) is 1. The summed E-state index contributed by atoms with van der Waals surface area (Å²) in [7, 11) is 1.59. The summed E-state index contributed by atoms with van der Waals surface area (Å²) >= 11 is 0. The summed E-state index contributed by atoms with van der Waals surface area (Å²) in [6.45, 7) is 3.61. The van der Waals surface area contributed by atoms with Gasteiger partial charge in [0.05, 0.1) is 19.8 Å². The van der Waals surface area contributed by atoms with Crippen molar-refractivity contribution in [1.82, 2.24) is 10.2 Å². The molecule has 7 heteroatoms. The molecule has 0 atom stereocenters. The van der Waals surface area contributed by atoms with Gasteiger partial charge in [0.2, 0.25) is 0 Å². The van der Waals surface area contributed by atoms with E-state index in [0.29, 0.717) is 30.4 Å². The average Bonchev–Trinajstić information content (AvgIpc) is 3.49. The molecule has 1 aromatic rings. The average molecular weight is 401 g/mol. The molecule has 0 unspecified atom stereocenters. The van der Waals surface area contributed by atoms with Gasteiger partial charge in [-0.2, -0.15) is 0 Å². The van der Waals surface area contributed by atoms with E-state index < -0.39 is 0 Å². The zero-order chi connectivity index (χ0) is 18.4. The van der Waals surface area contributed by atoms with Crippen LogP contribution in [0.25, 0.3) is 0 Å². The van der Waals surface area contributed by atoms with Crippen molar-refractivity contribution in [3.05, 3.63) is 35.1 Å². The topological polar surface area (TPSA) is 50.8 Å². The number of halogens is 2. The third kappa shape index (κ3) is 6.71. The molecule has 152 valence electrons. The van der Waals surface area contributed by atoms with E-state index in [2.05, 4.69) is 5.32 Å². The number of ether oxygens (including phenoxy) is 2. The molecule has 2 fully saturated rings. The first-order valence-electron chi connectivity index (χ1n) is 9.55. The first kappa shape index (κ1) is 22.1. The smallest absolute Gasteiger partial charge is 0.253 e. The quantitative estimate of drug-likeness (QED) is 0.647. The first-order chi connectivity index (χ1) is 12.7. The zero-order valence-electron chi connectivity index (χ0n) is 15.9. The highest BCUT2D eigenvalue weighted by atomic mass is 35.5. The summed E-state index contributed by atoms with van der Waals surface area (Å²) in [5.74, 6) is 0.504. The van der Waals surface area contributed by atoms with Crippen LogP contribution in [0.1, 0.15) is 41.6 Å². The Morgan fingerprint density at radius 3 is 2.63 bits per heavy atom. The fraction of sp³-hybridized carbons (Fsp3) is 0.650. The Kier molecular flexibility index (Phi) is 8.96. The van der Waals surface area contributed by atoms with Crippen LogP contribution in [-0.4, -0.2) is 56.8 Å². The van der Waals surface area contributed by atoms with Crippen molar-refractivity contribution < 1.29 is 18.7 Å². The lowest BCUT2D eigenvalue weighted by atomic mass is 10.0. The third-order valence-corrected chi connectivity index (χ3v) is 5.16. The standard InChI is InChI=1S/C20H29FN2O3.ClH/c1-25-10-11-26-14-17-12-16(4-5-19(17)21)20(24)23-8-6-18(7-9-23)22-13-15-2-3-15;/h4-5,12,15,18,22H,2-3,6-11,13-14H2,1H3;1H. The fourth-order valence-electron chi connectivity index (χ4n) is 3.27. The molecule has 1 aliphatic heterocycles. The Hall–Kier alpha value is -1.21. The molecule has 1 amide bonds. The second-order valence-electron chi connectivity index (χ2n) is 7.27. The Balaban J connectivity index is 0.00000261. The molecule has 27 heavy (non-hydrogen) atoms. The lowest BCUT2D eigenvalue weighted by Crippen LogP contribution is -2.45. The summed E-state index contributed by atoms with van der Waals surface area (Å²) in [6.07, 6.45) is 4.66. The Bertz CT molecular complexity index is 605. The van der Waals surface area contributed by atoms with Gasteiger partial charge in [-0.3, -0.25) is 4.79 Å². The van der Waals surface area contributed by atoms with Gasteiger partial charge in [0.15, 0.2) is 0 Å². The van der Waals surface area contributed by atoms with E-state index in [1.807, 2.05) is 4.90 Å². The van der Waals surface area contributed by atoms with Crippen LogP contribution in [0.15, 0.2) is 18.2 Å². The molecule has 1 aromatic carbocycles. The molecule has 1 saturated heterocycles. The molecule has 1 aliphatic carbocycles. The summed E-state index contributed by atoms with van der Waals surface area (Å²) in [5.41, 5.74) is 0.939. The number of nitrogens with zero attached hydrogens (tertiary/aromatic N) is 1. The van der Waals surface area contributed by atoms with Crippen LogP contribution < -0.4 is 5.32 Å². The predicted molar refractivity (Wildman–Crippen MR) is 105 cm³/mol. The minimum atomic E-state index is -0.345. The van der Waals surface area contributed by atoms with Crippen LogP contribution in [0.5, 0.6) is 0 Å². The molecule has 3 rings (SSSR count). The van der Waals surface area contributed by atoms with Gasteiger partial charge in [-0.1, -0.05) is 0 Å². The van der Waals surface area contributed by atoms with Gasteiger partial charge in [-0.25, -0.2) is 4.39 Å². The number of carbonyl (C=O) groups excluding carboxylic acids is 1. The van der Waals surface area contributed by atoms with Gasteiger partial charge in [-0.05, 0) is 56.3 Å². The van der Waals surface area contributed by atoms with Crippen molar-refractivity contribution in [2.24, 2.45) is 5.92 Å². The van der Waals surface area contributed by atoms with E-state index in [9.17, 15) is 9.18 Å². The van der Waals surface area contributed by atoms with E-state index in [1.165, 1.54) is 18.9 Å². The Labute approximate surface area is 167 Å². The minimum absolute atomic E-state index is 0.